The van der Waals surface area contributed by atoms with Crippen LogP contribution in [0.5, 0.6) is 0 Å². The van der Waals surface area contributed by atoms with Crippen LogP contribution in [0.4, 0.5) is 0 Å². The molecular formula is C20H28O. The van der Waals surface area contributed by atoms with Gasteiger partial charge in [-0.05, 0) is 79.8 Å². The molecule has 0 unspecified atom stereocenters. The lowest BCUT2D eigenvalue weighted by molar-refractivity contribution is -0.111. The number of rotatable bonds is 0. The maximum Gasteiger partial charge on any atom is 0.178 e. The van der Waals surface area contributed by atoms with Gasteiger partial charge in [0.1, 0.15) is 0 Å². The number of carbonyl (C=O) groups excluding carboxylic acids is 1. The molecule has 4 aliphatic rings. The summed E-state index contributed by atoms with van der Waals surface area (Å²) in [5, 5.41) is 0. The zero-order valence-corrected chi connectivity index (χ0v) is 13.7. The third-order valence-electron chi connectivity index (χ3n) is 8.03. The predicted molar refractivity (Wildman–Crippen MR) is 85.8 cm³/mol. The van der Waals surface area contributed by atoms with Crippen molar-refractivity contribution < 1.29 is 4.79 Å². The number of fused-ring (bicyclic) bond motifs is 5. The third kappa shape index (κ3) is 1.72. The summed E-state index contributed by atoms with van der Waals surface area (Å²) >= 11 is 0. The van der Waals surface area contributed by atoms with E-state index < -0.39 is 0 Å². The van der Waals surface area contributed by atoms with Crippen molar-refractivity contribution in [1.29, 1.82) is 0 Å². The second-order valence-corrected chi connectivity index (χ2v) is 8.63. The summed E-state index contributed by atoms with van der Waals surface area (Å²) < 4.78 is 0. The van der Waals surface area contributed by atoms with Crippen molar-refractivity contribution in [1.82, 2.24) is 0 Å². The molecular weight excluding hydrogens is 258 g/mol. The van der Waals surface area contributed by atoms with E-state index in [2.05, 4.69) is 26.8 Å². The van der Waals surface area contributed by atoms with E-state index in [1.165, 1.54) is 37.7 Å². The minimum atomic E-state index is 0.171. The molecule has 0 amide bonds. The Hall–Kier alpha value is -0.850. The van der Waals surface area contributed by atoms with Gasteiger partial charge in [0.05, 0.1) is 0 Å². The molecule has 0 spiro atoms. The number of hydrogen-bond donors (Lipinski definition) is 0. The van der Waals surface area contributed by atoms with E-state index in [1.54, 1.807) is 0 Å². The molecule has 0 aromatic rings. The van der Waals surface area contributed by atoms with E-state index in [0.717, 1.165) is 30.1 Å². The summed E-state index contributed by atoms with van der Waals surface area (Å²) in [5.41, 5.74) is 2.18. The Kier molecular flexibility index (Phi) is 2.85. The fourth-order valence-electron chi connectivity index (χ4n) is 6.46. The standard InChI is InChI=1S/C20H28O/c1-13-4-7-17-16-6-5-14-12-15(21)8-10-20(14,3)18(16)9-11-19(13,17)2/h8,10,12-13,16-18H,4-7,9,11H2,1-3H3/t13-,16-,17-,18-,19+,20-/m0/s1/i12+1,15+1. The molecule has 0 aromatic heterocycles. The Morgan fingerprint density at radius 2 is 1.90 bits per heavy atom. The minimum Gasteiger partial charge on any atom is -0.290 e. The highest BCUT2D eigenvalue weighted by atomic mass is 16.2. The Balaban J connectivity index is 1.70. The third-order valence-corrected chi connectivity index (χ3v) is 8.03. The van der Waals surface area contributed by atoms with Gasteiger partial charge in [0.25, 0.3) is 0 Å². The van der Waals surface area contributed by atoms with Crippen LogP contribution < -0.4 is 0 Å². The summed E-state index contributed by atoms with van der Waals surface area (Å²) in [4.78, 5) is 11.7. The van der Waals surface area contributed by atoms with Gasteiger partial charge in [-0.1, -0.05) is 32.4 Å². The van der Waals surface area contributed by atoms with E-state index in [-0.39, 0.29) is 11.2 Å². The first-order chi connectivity index (χ1) is 9.95. The Morgan fingerprint density at radius 3 is 2.71 bits per heavy atom. The zero-order valence-electron chi connectivity index (χ0n) is 13.7. The van der Waals surface area contributed by atoms with Crippen LogP contribution in [0.1, 0.15) is 59.3 Å². The molecule has 0 aromatic carbocycles. The fourth-order valence-corrected chi connectivity index (χ4v) is 6.46. The maximum absolute atomic E-state index is 11.7. The molecule has 1 heteroatoms. The van der Waals surface area contributed by atoms with Crippen LogP contribution in [-0.4, -0.2) is 5.78 Å². The smallest absolute Gasteiger partial charge is 0.178 e. The first kappa shape index (κ1) is 13.8. The van der Waals surface area contributed by atoms with Gasteiger partial charge in [0, 0.05) is 5.41 Å². The molecule has 0 N–H and O–H groups in total. The normalized spacial score (nSPS) is 52.0. The molecule has 0 heterocycles. The highest BCUT2D eigenvalue weighted by molar-refractivity contribution is 6.01. The minimum absolute atomic E-state index is 0.171. The van der Waals surface area contributed by atoms with Crippen molar-refractivity contribution in [2.75, 3.05) is 0 Å². The number of ketones is 1. The van der Waals surface area contributed by atoms with Crippen LogP contribution >= 0.6 is 0 Å². The van der Waals surface area contributed by atoms with Crippen LogP contribution in [0, 0.1) is 34.5 Å². The van der Waals surface area contributed by atoms with Gasteiger partial charge in [0.2, 0.25) is 0 Å². The van der Waals surface area contributed by atoms with Gasteiger partial charge in [-0.2, -0.15) is 0 Å². The predicted octanol–water partition coefficient (Wildman–Crippen LogP) is 4.93. The lowest BCUT2D eigenvalue weighted by atomic mass is 9.48. The van der Waals surface area contributed by atoms with Crippen LogP contribution in [0.3, 0.4) is 0 Å². The van der Waals surface area contributed by atoms with Crippen molar-refractivity contribution in [2.24, 2.45) is 34.5 Å². The average Bonchev–Trinajstić information content (AvgIpc) is 2.76. The van der Waals surface area contributed by atoms with E-state index in [1.807, 2.05) is 12.2 Å². The molecule has 114 valence electrons. The molecule has 3 saturated carbocycles. The molecule has 4 rings (SSSR count). The molecule has 1 nitrogen and oxygen atoms in total. The summed E-state index contributed by atoms with van der Waals surface area (Å²) in [7, 11) is 0. The van der Waals surface area contributed by atoms with Crippen LogP contribution in [0.2, 0.25) is 0 Å². The molecule has 0 bridgehead atoms. The lowest BCUT2D eigenvalue weighted by Crippen LogP contribution is -2.49. The molecule has 4 aliphatic carbocycles. The quantitative estimate of drug-likeness (QED) is 0.577. The fraction of sp³-hybridized carbons (Fsp3) is 0.750. The second-order valence-electron chi connectivity index (χ2n) is 8.63. The van der Waals surface area contributed by atoms with Crippen molar-refractivity contribution in [3.05, 3.63) is 23.8 Å². The van der Waals surface area contributed by atoms with Gasteiger partial charge < -0.3 is 0 Å². The molecule has 0 radical (unpaired) electrons. The first-order valence-corrected chi connectivity index (χ1v) is 8.89. The number of allylic oxidation sites excluding steroid dienone is 4. The van der Waals surface area contributed by atoms with E-state index in [0.29, 0.717) is 5.41 Å². The average molecular weight is 286 g/mol. The van der Waals surface area contributed by atoms with Gasteiger partial charge in [-0.25, -0.2) is 0 Å². The van der Waals surface area contributed by atoms with Gasteiger partial charge in [0.15, 0.2) is 5.78 Å². The van der Waals surface area contributed by atoms with E-state index in [9.17, 15) is 4.79 Å². The Labute approximate surface area is 128 Å². The maximum atomic E-state index is 11.7. The van der Waals surface area contributed by atoms with E-state index in [4.69, 9.17) is 0 Å². The number of carbonyl (C=O) groups is 1. The topological polar surface area (TPSA) is 17.1 Å². The van der Waals surface area contributed by atoms with Gasteiger partial charge in [-0.3, -0.25) is 4.79 Å². The number of hydrogen-bond acceptors (Lipinski definition) is 1. The van der Waals surface area contributed by atoms with Crippen molar-refractivity contribution in [2.45, 2.75) is 59.3 Å². The summed E-state index contributed by atoms with van der Waals surface area (Å²) in [6, 6.07) is 0. The molecule has 6 atom stereocenters. The zero-order chi connectivity index (χ0) is 14.8. The highest BCUT2D eigenvalue weighted by Gasteiger charge is 2.57. The summed E-state index contributed by atoms with van der Waals surface area (Å²) in [5.74, 6) is 3.68. The molecule has 0 saturated heterocycles. The Bertz CT molecular complexity index is 542. The largest absolute Gasteiger partial charge is 0.290 e. The molecule has 21 heavy (non-hydrogen) atoms. The lowest BCUT2D eigenvalue weighted by Gasteiger charge is -2.57. The van der Waals surface area contributed by atoms with Gasteiger partial charge in [-0.15, -0.1) is 0 Å². The molecule has 3 fully saturated rings. The Morgan fingerprint density at radius 1 is 1.10 bits per heavy atom. The summed E-state index contributed by atoms with van der Waals surface area (Å²) in [6.45, 7) is 7.45. The van der Waals surface area contributed by atoms with Crippen LogP contribution in [-0.2, 0) is 4.79 Å². The SMILES string of the molecule is C[C@H]1CC[C@H]2[C@@H]3CCC4=[13CH][13C](=O)C=C[C@]4(C)[C@H]3CC[C@]12C. The summed E-state index contributed by atoms with van der Waals surface area (Å²) in [6.07, 6.45) is 14.1. The first-order valence-electron chi connectivity index (χ1n) is 8.89. The highest BCUT2D eigenvalue weighted by Crippen LogP contribution is 2.65. The van der Waals surface area contributed by atoms with Crippen molar-refractivity contribution in [3.63, 3.8) is 0 Å². The van der Waals surface area contributed by atoms with E-state index >= 15 is 0 Å². The monoisotopic (exact) mass is 286 g/mol. The van der Waals surface area contributed by atoms with Crippen molar-refractivity contribution >= 4 is 5.78 Å². The van der Waals surface area contributed by atoms with Crippen molar-refractivity contribution in [3.8, 4) is 0 Å². The molecule has 0 aliphatic heterocycles. The van der Waals surface area contributed by atoms with Gasteiger partial charge >= 0.3 is 0 Å². The van der Waals surface area contributed by atoms with Crippen LogP contribution in [0.25, 0.3) is 0 Å². The second kappa shape index (κ2) is 4.33. The van der Waals surface area contributed by atoms with Crippen LogP contribution in [0.15, 0.2) is 23.8 Å².